The molecule has 1 aromatic carbocycles. The van der Waals surface area contributed by atoms with E-state index in [1.807, 2.05) is 0 Å². The maximum atomic E-state index is 12.3. The maximum absolute atomic E-state index is 12.3. The Balaban J connectivity index is 2.29. The molecular formula is C10H10BrN5O4S. The Kier molecular flexibility index (Phi) is 4.34. The van der Waals surface area contributed by atoms with Crippen molar-refractivity contribution >= 4 is 31.9 Å². The zero-order valence-corrected chi connectivity index (χ0v) is 13.0. The number of hydrogen-bond donors (Lipinski definition) is 3. The first-order valence-electron chi connectivity index (χ1n) is 5.60. The van der Waals surface area contributed by atoms with Crippen LogP contribution in [-0.4, -0.2) is 40.1 Å². The van der Waals surface area contributed by atoms with E-state index in [1.165, 1.54) is 18.2 Å². The molecule has 1 heterocycles. The number of rotatable bonds is 5. The number of nitrogens with zero attached hydrogens (tertiary/aromatic N) is 3. The molecule has 0 bridgehead atoms. The molecule has 3 N–H and O–H groups in total. The lowest BCUT2D eigenvalue weighted by Gasteiger charge is -2.12. The molecule has 0 saturated carbocycles. The van der Waals surface area contributed by atoms with Crippen LogP contribution in [0.25, 0.3) is 0 Å². The van der Waals surface area contributed by atoms with Gasteiger partial charge in [0.25, 0.3) is 0 Å². The molecule has 1 atom stereocenters. The van der Waals surface area contributed by atoms with Crippen molar-refractivity contribution in [1.29, 1.82) is 0 Å². The highest BCUT2D eigenvalue weighted by Crippen LogP contribution is 2.24. The monoisotopic (exact) mass is 375 g/mol. The molecule has 2 aromatic rings. The molecule has 1 aromatic heterocycles. The minimum absolute atomic E-state index is 0.0213. The highest BCUT2D eigenvalue weighted by atomic mass is 79.9. The number of carboxylic acid groups (broad SMARTS) is 1. The maximum Gasteiger partial charge on any atom is 0.335 e. The summed E-state index contributed by atoms with van der Waals surface area (Å²) >= 11 is 3.06. The third-order valence-corrected chi connectivity index (χ3v) is 5.07. The predicted octanol–water partition coefficient (Wildman–Crippen LogP) is 0.700. The molecule has 1 unspecified atom stereocenters. The summed E-state index contributed by atoms with van der Waals surface area (Å²) in [6.07, 6.45) is 0. The van der Waals surface area contributed by atoms with E-state index < -0.39 is 22.0 Å². The van der Waals surface area contributed by atoms with Crippen molar-refractivity contribution in [1.82, 2.24) is 25.3 Å². The molecule has 9 nitrogen and oxygen atoms in total. The van der Waals surface area contributed by atoms with Crippen molar-refractivity contribution in [2.24, 2.45) is 0 Å². The number of hydrogen-bond acceptors (Lipinski definition) is 6. The summed E-state index contributed by atoms with van der Waals surface area (Å²) in [6, 6.07) is 2.94. The van der Waals surface area contributed by atoms with E-state index in [1.54, 1.807) is 6.92 Å². The number of H-pyrrole nitrogens is 1. The number of benzene rings is 1. The van der Waals surface area contributed by atoms with Crippen LogP contribution in [-0.2, 0) is 10.0 Å². The van der Waals surface area contributed by atoms with Crippen LogP contribution in [0.2, 0.25) is 0 Å². The molecule has 0 aliphatic carbocycles. The first-order valence-corrected chi connectivity index (χ1v) is 7.87. The Bertz CT molecular complexity index is 762. The van der Waals surface area contributed by atoms with Gasteiger partial charge < -0.3 is 5.11 Å². The molecule has 21 heavy (non-hydrogen) atoms. The van der Waals surface area contributed by atoms with Crippen LogP contribution in [0.1, 0.15) is 29.1 Å². The fraction of sp³-hybridized carbons (Fsp3) is 0.200. The summed E-state index contributed by atoms with van der Waals surface area (Å²) < 4.78 is 27.1. The number of aromatic carboxylic acids is 1. The third kappa shape index (κ3) is 3.43. The number of halogens is 1. The summed E-state index contributed by atoms with van der Waals surface area (Å²) in [6.45, 7) is 1.56. The summed E-state index contributed by atoms with van der Waals surface area (Å²) in [5.41, 5.74) is -0.0213. The molecule has 0 saturated heterocycles. The van der Waals surface area contributed by atoms with Crippen molar-refractivity contribution in [3.05, 3.63) is 34.1 Å². The minimum Gasteiger partial charge on any atom is -0.478 e. The molecule has 0 spiro atoms. The van der Waals surface area contributed by atoms with Crippen molar-refractivity contribution in [2.75, 3.05) is 0 Å². The molecule has 0 aliphatic heterocycles. The van der Waals surface area contributed by atoms with Crippen LogP contribution in [0.4, 0.5) is 0 Å². The average Bonchev–Trinajstić information content (AvgIpc) is 2.91. The van der Waals surface area contributed by atoms with Gasteiger partial charge in [-0.1, -0.05) is 5.21 Å². The number of sulfonamides is 1. The van der Waals surface area contributed by atoms with Gasteiger partial charge in [-0.2, -0.15) is 5.21 Å². The van der Waals surface area contributed by atoms with Crippen LogP contribution >= 0.6 is 15.9 Å². The molecule has 2 rings (SSSR count). The second-order valence-corrected chi connectivity index (χ2v) is 6.60. The average molecular weight is 376 g/mol. The summed E-state index contributed by atoms with van der Waals surface area (Å²) in [5.74, 6) is -0.954. The van der Waals surface area contributed by atoms with Crippen molar-refractivity contribution in [3.8, 4) is 0 Å². The zero-order chi connectivity index (χ0) is 15.6. The summed E-state index contributed by atoms with van der Waals surface area (Å²) in [7, 11) is -3.87. The van der Waals surface area contributed by atoms with Crippen molar-refractivity contribution in [2.45, 2.75) is 17.9 Å². The Hall–Kier alpha value is -1.85. The number of tetrazole rings is 1. The van der Waals surface area contributed by atoms with Gasteiger partial charge in [0.2, 0.25) is 10.0 Å². The third-order valence-electron chi connectivity index (χ3n) is 2.55. The SMILES string of the molecule is CC(NS(=O)(=O)c1ccc(C(=O)O)cc1Br)c1nn[nH]n1. The highest BCUT2D eigenvalue weighted by Gasteiger charge is 2.23. The van der Waals surface area contributed by atoms with Gasteiger partial charge in [-0.05, 0) is 41.1 Å². The Morgan fingerprint density at radius 3 is 2.71 bits per heavy atom. The second-order valence-electron chi connectivity index (χ2n) is 4.06. The largest absolute Gasteiger partial charge is 0.478 e. The number of carbonyl (C=O) groups is 1. The standard InChI is InChI=1S/C10H10BrN5O4S/c1-5(9-12-15-16-13-9)14-21(19,20)8-3-2-6(10(17)18)4-7(8)11/h2-5,14H,1H3,(H,17,18)(H,12,13,15,16). The normalized spacial score (nSPS) is 13.0. The van der Waals surface area contributed by atoms with Gasteiger partial charge in [0.15, 0.2) is 5.82 Å². The molecule has 0 fully saturated rings. The number of aromatic nitrogens is 4. The first-order chi connectivity index (χ1) is 9.81. The van der Waals surface area contributed by atoms with Gasteiger partial charge in [0, 0.05) is 4.47 Å². The Labute approximate surface area is 127 Å². The smallest absolute Gasteiger partial charge is 0.335 e. The van der Waals surface area contributed by atoms with Gasteiger partial charge >= 0.3 is 5.97 Å². The van der Waals surface area contributed by atoms with Gasteiger partial charge in [-0.3, -0.25) is 0 Å². The first kappa shape index (κ1) is 15.5. The number of aromatic amines is 1. The lowest BCUT2D eigenvalue weighted by molar-refractivity contribution is 0.0696. The van der Waals surface area contributed by atoms with Gasteiger partial charge in [-0.15, -0.1) is 10.2 Å². The van der Waals surface area contributed by atoms with Crippen LogP contribution in [0.15, 0.2) is 27.6 Å². The molecule has 112 valence electrons. The van der Waals surface area contributed by atoms with Gasteiger partial charge in [-0.25, -0.2) is 17.9 Å². The van der Waals surface area contributed by atoms with Gasteiger partial charge in [0.1, 0.15) is 0 Å². The van der Waals surface area contributed by atoms with Gasteiger partial charge in [0.05, 0.1) is 16.5 Å². The zero-order valence-electron chi connectivity index (χ0n) is 10.6. The lowest BCUT2D eigenvalue weighted by atomic mass is 10.2. The fourth-order valence-corrected chi connectivity index (χ4v) is 3.83. The Morgan fingerprint density at radius 1 is 1.48 bits per heavy atom. The van der Waals surface area contributed by atoms with Crippen molar-refractivity contribution < 1.29 is 18.3 Å². The second kappa shape index (κ2) is 5.87. The van der Waals surface area contributed by atoms with E-state index in [0.29, 0.717) is 0 Å². The number of nitrogens with one attached hydrogen (secondary N) is 2. The summed E-state index contributed by atoms with van der Waals surface area (Å²) in [4.78, 5) is 10.8. The molecular weight excluding hydrogens is 366 g/mol. The van der Waals surface area contributed by atoms with Crippen molar-refractivity contribution in [3.63, 3.8) is 0 Å². The molecule has 0 aliphatic rings. The van der Waals surface area contributed by atoms with E-state index >= 15 is 0 Å². The van der Waals surface area contributed by atoms with Crippen LogP contribution in [0, 0.1) is 0 Å². The number of carboxylic acids is 1. The topological polar surface area (TPSA) is 138 Å². The van der Waals surface area contributed by atoms with Crippen LogP contribution < -0.4 is 4.72 Å². The quantitative estimate of drug-likeness (QED) is 0.698. The van der Waals surface area contributed by atoms with E-state index in [4.69, 9.17) is 5.11 Å². The predicted molar refractivity (Wildman–Crippen MR) is 74.0 cm³/mol. The van der Waals surface area contributed by atoms with E-state index in [0.717, 1.165) is 0 Å². The molecule has 0 radical (unpaired) electrons. The summed E-state index contributed by atoms with van der Waals surface area (Å²) in [5, 5.41) is 21.8. The van der Waals surface area contributed by atoms with Crippen LogP contribution in [0.5, 0.6) is 0 Å². The molecule has 0 amide bonds. The van der Waals surface area contributed by atoms with E-state index in [2.05, 4.69) is 41.3 Å². The van der Waals surface area contributed by atoms with E-state index in [9.17, 15) is 13.2 Å². The molecule has 11 heteroatoms. The minimum atomic E-state index is -3.87. The fourth-order valence-electron chi connectivity index (χ4n) is 1.55. The Morgan fingerprint density at radius 2 is 2.19 bits per heavy atom. The highest BCUT2D eigenvalue weighted by molar-refractivity contribution is 9.10. The lowest BCUT2D eigenvalue weighted by Crippen LogP contribution is -2.28. The van der Waals surface area contributed by atoms with Crippen LogP contribution in [0.3, 0.4) is 0 Å². The van der Waals surface area contributed by atoms with E-state index in [-0.39, 0.29) is 20.8 Å².